The number of benzene rings is 2. The Morgan fingerprint density at radius 1 is 0.861 bits per heavy atom. The molecule has 0 fully saturated rings. The molecule has 4 N–H and O–H groups in total. The van der Waals surface area contributed by atoms with Crippen LogP contribution in [-0.4, -0.2) is 26.3 Å². The predicted octanol–water partition coefficient (Wildman–Crippen LogP) is 3.88. The van der Waals surface area contributed by atoms with Crippen LogP contribution < -0.4 is 21.9 Å². The summed E-state index contributed by atoms with van der Waals surface area (Å²) in [6.07, 6.45) is 4.75. The van der Waals surface area contributed by atoms with Gasteiger partial charge in [0.1, 0.15) is 11.3 Å². The monoisotopic (exact) mass is 476 g/mol. The molecule has 0 aliphatic heterocycles. The highest BCUT2D eigenvalue weighted by Gasteiger charge is 2.13. The van der Waals surface area contributed by atoms with Crippen LogP contribution in [-0.2, 0) is 0 Å². The van der Waals surface area contributed by atoms with Crippen LogP contribution in [0.5, 0.6) is 0 Å². The highest BCUT2D eigenvalue weighted by Crippen LogP contribution is 2.26. The van der Waals surface area contributed by atoms with Gasteiger partial charge in [0.25, 0.3) is 17.4 Å². The normalized spacial score (nSPS) is 10.7. The van der Waals surface area contributed by atoms with Gasteiger partial charge in [-0.05, 0) is 60.7 Å². The summed E-state index contributed by atoms with van der Waals surface area (Å²) in [5, 5.41) is 6.73. The lowest BCUT2D eigenvalue weighted by Crippen LogP contribution is -2.27. The molecule has 0 atom stereocenters. The van der Waals surface area contributed by atoms with E-state index in [1.54, 1.807) is 67.0 Å². The molecule has 3 aromatic heterocycles. The molecule has 0 spiro atoms. The maximum atomic E-state index is 12.9. The maximum absolute atomic E-state index is 12.9. The number of aromatic nitrogens is 3. The number of carbonyl (C=O) groups excluding carboxylic acids is 2. The number of rotatable bonds is 6. The molecule has 0 saturated heterocycles. The summed E-state index contributed by atoms with van der Waals surface area (Å²) < 4.78 is 1.43. The van der Waals surface area contributed by atoms with Crippen molar-refractivity contribution in [3.8, 4) is 5.69 Å². The van der Waals surface area contributed by atoms with Gasteiger partial charge in [0.05, 0.1) is 11.7 Å². The predicted molar refractivity (Wildman–Crippen MR) is 138 cm³/mol. The maximum Gasteiger partial charge on any atom is 0.267 e. The molecule has 0 bridgehead atoms. The van der Waals surface area contributed by atoms with Crippen LogP contribution >= 0.6 is 0 Å². The molecule has 5 aromatic rings. The van der Waals surface area contributed by atoms with Gasteiger partial charge in [-0.25, -0.2) is 4.98 Å². The van der Waals surface area contributed by atoms with Crippen molar-refractivity contribution in [1.82, 2.24) is 14.5 Å². The van der Waals surface area contributed by atoms with E-state index in [0.29, 0.717) is 28.0 Å². The lowest BCUT2D eigenvalue weighted by molar-refractivity contribution is 0.0993. The second-order valence-electron chi connectivity index (χ2n) is 7.90. The van der Waals surface area contributed by atoms with Gasteiger partial charge in [-0.15, -0.1) is 0 Å². The van der Waals surface area contributed by atoms with Gasteiger partial charge in [0.2, 0.25) is 0 Å². The van der Waals surface area contributed by atoms with Crippen LogP contribution in [0.15, 0.2) is 102 Å². The number of hydrogen-bond acceptors (Lipinski definition) is 6. The van der Waals surface area contributed by atoms with Gasteiger partial charge >= 0.3 is 0 Å². The summed E-state index contributed by atoms with van der Waals surface area (Å²) in [7, 11) is 0. The van der Waals surface area contributed by atoms with Gasteiger partial charge < -0.3 is 16.4 Å². The fourth-order valence-corrected chi connectivity index (χ4v) is 3.74. The van der Waals surface area contributed by atoms with E-state index >= 15 is 0 Å². The first-order valence-corrected chi connectivity index (χ1v) is 11.0. The summed E-state index contributed by atoms with van der Waals surface area (Å²) in [6, 6.07) is 22.6. The largest absolute Gasteiger partial charge is 0.364 e. The molecule has 176 valence electrons. The number of para-hydroxylation sites is 1. The first-order valence-electron chi connectivity index (χ1n) is 11.0. The minimum atomic E-state index is -0.624. The summed E-state index contributed by atoms with van der Waals surface area (Å²) in [4.78, 5) is 45.5. The minimum Gasteiger partial charge on any atom is -0.364 e. The summed E-state index contributed by atoms with van der Waals surface area (Å²) >= 11 is 0. The van der Waals surface area contributed by atoms with Crippen LogP contribution in [0, 0.1) is 0 Å². The Labute approximate surface area is 205 Å². The van der Waals surface area contributed by atoms with Gasteiger partial charge in [-0.1, -0.05) is 18.2 Å². The Balaban J connectivity index is 1.35. The summed E-state index contributed by atoms with van der Waals surface area (Å²) in [5.74, 6) is -1.13. The number of nitrogens with zero attached hydrogens (tertiary/aromatic N) is 3. The van der Waals surface area contributed by atoms with E-state index in [1.807, 2.05) is 18.2 Å². The first-order chi connectivity index (χ1) is 17.5. The summed E-state index contributed by atoms with van der Waals surface area (Å²) in [5.41, 5.74) is 8.39. The number of carbonyl (C=O) groups is 2. The molecule has 0 radical (unpaired) electrons. The minimum absolute atomic E-state index is 0.0330. The quantitative estimate of drug-likeness (QED) is 0.341. The van der Waals surface area contributed by atoms with Crippen LogP contribution in [0.4, 0.5) is 17.1 Å². The summed E-state index contributed by atoms with van der Waals surface area (Å²) in [6.45, 7) is 0. The molecule has 3 heterocycles. The lowest BCUT2D eigenvalue weighted by Gasteiger charge is -2.11. The molecule has 2 amide bonds. The first kappa shape index (κ1) is 22.5. The second kappa shape index (κ2) is 9.51. The number of nitrogens with one attached hydrogen (secondary N) is 2. The molecular formula is C27H20N6O3. The van der Waals surface area contributed by atoms with E-state index in [-0.39, 0.29) is 11.3 Å². The number of primary amides is 1. The molecule has 0 aliphatic rings. The SMILES string of the molecule is NC(=O)c1cc2c(Nc3ccc(NC(=O)c4cccn(-c5ccccc5)c4=O)cc3)ccnc2cn1. The standard InChI is InChI=1S/C27H20N6O3/c28-25(34)23-15-21-22(12-13-29-24(21)16-30-23)31-17-8-10-18(11-9-17)32-26(35)20-7-4-14-33(27(20)36)19-5-2-1-3-6-19/h1-16H,(H2,28,34)(H,29,31)(H,32,35). The number of nitrogens with two attached hydrogens (primary N) is 1. The van der Waals surface area contributed by atoms with Crippen molar-refractivity contribution >= 4 is 39.8 Å². The van der Waals surface area contributed by atoms with Crippen molar-refractivity contribution in [1.29, 1.82) is 0 Å². The molecule has 0 aliphatic carbocycles. The van der Waals surface area contributed by atoms with Gasteiger partial charge in [-0.2, -0.15) is 0 Å². The zero-order chi connectivity index (χ0) is 25.1. The Bertz CT molecular complexity index is 1650. The van der Waals surface area contributed by atoms with Gasteiger partial charge in [0, 0.05) is 40.5 Å². The molecule has 36 heavy (non-hydrogen) atoms. The van der Waals surface area contributed by atoms with Gasteiger partial charge in [-0.3, -0.25) is 23.9 Å². The topological polar surface area (TPSA) is 132 Å². The van der Waals surface area contributed by atoms with Crippen molar-refractivity contribution in [2.75, 3.05) is 10.6 Å². The molecular weight excluding hydrogens is 456 g/mol. The zero-order valence-corrected chi connectivity index (χ0v) is 18.9. The highest BCUT2D eigenvalue weighted by molar-refractivity contribution is 6.04. The Kier molecular flexibility index (Phi) is 5.94. The Morgan fingerprint density at radius 2 is 1.61 bits per heavy atom. The van der Waals surface area contributed by atoms with Gasteiger partial charge in [0.15, 0.2) is 0 Å². The number of pyridine rings is 3. The third-order valence-corrected chi connectivity index (χ3v) is 5.53. The number of anilines is 3. The molecule has 5 rings (SSSR count). The number of amides is 2. The molecule has 9 heteroatoms. The van der Waals surface area contributed by atoms with E-state index < -0.39 is 17.4 Å². The van der Waals surface area contributed by atoms with E-state index in [1.165, 1.54) is 16.8 Å². The van der Waals surface area contributed by atoms with Crippen LogP contribution in [0.3, 0.4) is 0 Å². The Morgan fingerprint density at radius 3 is 2.36 bits per heavy atom. The molecule has 9 nitrogen and oxygen atoms in total. The second-order valence-corrected chi connectivity index (χ2v) is 7.90. The number of hydrogen-bond donors (Lipinski definition) is 3. The van der Waals surface area contributed by atoms with Crippen LogP contribution in [0.25, 0.3) is 16.6 Å². The molecule has 2 aromatic carbocycles. The van der Waals surface area contributed by atoms with E-state index in [9.17, 15) is 14.4 Å². The van der Waals surface area contributed by atoms with Crippen LogP contribution in [0.1, 0.15) is 20.8 Å². The zero-order valence-electron chi connectivity index (χ0n) is 18.9. The average molecular weight is 476 g/mol. The number of fused-ring (bicyclic) bond motifs is 1. The van der Waals surface area contributed by atoms with Crippen molar-refractivity contribution < 1.29 is 9.59 Å². The van der Waals surface area contributed by atoms with E-state index in [0.717, 1.165) is 5.69 Å². The third kappa shape index (κ3) is 4.53. The van der Waals surface area contributed by atoms with E-state index in [4.69, 9.17) is 5.73 Å². The highest BCUT2D eigenvalue weighted by atomic mass is 16.2. The fourth-order valence-electron chi connectivity index (χ4n) is 3.74. The van der Waals surface area contributed by atoms with Crippen molar-refractivity contribution in [3.05, 3.63) is 119 Å². The third-order valence-electron chi connectivity index (χ3n) is 5.53. The van der Waals surface area contributed by atoms with Crippen molar-refractivity contribution in [2.45, 2.75) is 0 Å². The van der Waals surface area contributed by atoms with E-state index in [2.05, 4.69) is 20.6 Å². The average Bonchev–Trinajstić information content (AvgIpc) is 2.90. The van der Waals surface area contributed by atoms with Crippen molar-refractivity contribution in [3.63, 3.8) is 0 Å². The fraction of sp³-hybridized carbons (Fsp3) is 0. The lowest BCUT2D eigenvalue weighted by atomic mass is 10.1. The molecule has 0 unspecified atom stereocenters. The Hall–Kier alpha value is -5.31. The molecule has 0 saturated carbocycles. The van der Waals surface area contributed by atoms with Crippen molar-refractivity contribution in [2.24, 2.45) is 5.73 Å². The smallest absolute Gasteiger partial charge is 0.267 e. The van der Waals surface area contributed by atoms with Crippen LogP contribution in [0.2, 0.25) is 0 Å².